The zero-order valence-electron chi connectivity index (χ0n) is 5.34. The van der Waals surface area contributed by atoms with E-state index in [-0.39, 0.29) is 0 Å². The van der Waals surface area contributed by atoms with E-state index in [4.69, 9.17) is 0 Å². The number of nitrogens with one attached hydrogen (secondary N) is 1. The molecule has 1 fully saturated rings. The van der Waals surface area contributed by atoms with E-state index < -0.39 is 0 Å². The molecule has 0 amide bonds. The molecule has 0 spiro atoms. The van der Waals surface area contributed by atoms with Gasteiger partial charge in [0.1, 0.15) is 0 Å². The van der Waals surface area contributed by atoms with Crippen LogP contribution in [0.5, 0.6) is 0 Å². The normalized spacial score (nSPS) is 40.9. The molecular weight excluding hydrogens is 130 g/mol. The zero-order valence-corrected chi connectivity index (χ0v) is 6.16. The quantitative estimate of drug-likeness (QED) is 0.511. The first kappa shape index (κ1) is 5.81. The van der Waals surface area contributed by atoms with Gasteiger partial charge in [-0.05, 0) is 12.8 Å². The van der Waals surface area contributed by atoms with Crippen molar-refractivity contribution in [3.05, 3.63) is 12.2 Å². The van der Waals surface area contributed by atoms with Gasteiger partial charge in [0.15, 0.2) is 0 Å². The van der Waals surface area contributed by atoms with Crippen LogP contribution in [0, 0.1) is 0 Å². The summed E-state index contributed by atoms with van der Waals surface area (Å²) < 4.78 is 0. The second-order valence-electron chi connectivity index (χ2n) is 2.59. The van der Waals surface area contributed by atoms with Crippen molar-refractivity contribution in [1.82, 2.24) is 5.32 Å². The first-order valence-corrected chi connectivity index (χ1v) is 4.53. The smallest absolute Gasteiger partial charge is 0.0426 e. The molecule has 2 aliphatic rings. The molecule has 0 bridgehead atoms. The largest absolute Gasteiger partial charge is 0.304 e. The zero-order chi connectivity index (χ0) is 6.10. The molecule has 1 aliphatic heterocycles. The molecule has 1 aliphatic carbocycles. The predicted molar refractivity (Wildman–Crippen MR) is 41.5 cm³/mol. The molecule has 0 aromatic rings. The van der Waals surface area contributed by atoms with Crippen LogP contribution in [0.1, 0.15) is 12.8 Å². The van der Waals surface area contributed by atoms with Crippen molar-refractivity contribution < 1.29 is 0 Å². The van der Waals surface area contributed by atoms with Crippen LogP contribution < -0.4 is 5.32 Å². The summed E-state index contributed by atoms with van der Waals surface area (Å²) in [7, 11) is 0. The highest BCUT2D eigenvalue weighted by atomic mass is 32.2. The lowest BCUT2D eigenvalue weighted by Gasteiger charge is -2.17. The Morgan fingerprint density at radius 1 is 1.56 bits per heavy atom. The van der Waals surface area contributed by atoms with E-state index in [0.717, 1.165) is 17.2 Å². The molecule has 1 saturated heterocycles. The molecule has 2 unspecified atom stereocenters. The Morgan fingerprint density at radius 3 is 3.44 bits per heavy atom. The Hall–Kier alpha value is 0.0500. The summed E-state index contributed by atoms with van der Waals surface area (Å²) in [5.74, 6) is 1.15. The average Bonchev–Trinajstić information content (AvgIpc) is 2.33. The minimum absolute atomic E-state index is 0.791. The highest BCUT2D eigenvalue weighted by Crippen LogP contribution is 2.28. The monoisotopic (exact) mass is 141 g/mol. The Bertz CT molecular complexity index is 133. The predicted octanol–water partition coefficient (Wildman–Crippen LogP) is 1.37. The maximum atomic E-state index is 3.47. The SMILES string of the molecule is C1=CC2SCNC2CC1. The van der Waals surface area contributed by atoms with E-state index in [1.54, 1.807) is 0 Å². The topological polar surface area (TPSA) is 12.0 Å². The van der Waals surface area contributed by atoms with Gasteiger partial charge in [-0.2, -0.15) is 0 Å². The van der Waals surface area contributed by atoms with Crippen LogP contribution in [-0.2, 0) is 0 Å². The second kappa shape index (κ2) is 2.35. The van der Waals surface area contributed by atoms with Gasteiger partial charge in [-0.3, -0.25) is 0 Å². The number of hydrogen-bond donors (Lipinski definition) is 1. The lowest BCUT2D eigenvalue weighted by Crippen LogP contribution is -2.30. The van der Waals surface area contributed by atoms with E-state index in [1.165, 1.54) is 12.8 Å². The molecule has 0 aromatic carbocycles. The fourth-order valence-electron chi connectivity index (χ4n) is 1.45. The molecular formula is C7H11NS. The van der Waals surface area contributed by atoms with Crippen molar-refractivity contribution >= 4 is 11.8 Å². The Balaban J connectivity index is 2.10. The number of thioether (sulfide) groups is 1. The van der Waals surface area contributed by atoms with Gasteiger partial charge in [-0.15, -0.1) is 11.8 Å². The van der Waals surface area contributed by atoms with Crippen molar-refractivity contribution in [2.75, 3.05) is 5.88 Å². The summed E-state index contributed by atoms with van der Waals surface area (Å²) >= 11 is 2.03. The third-order valence-electron chi connectivity index (χ3n) is 1.99. The maximum Gasteiger partial charge on any atom is 0.0426 e. The molecule has 2 rings (SSSR count). The van der Waals surface area contributed by atoms with Gasteiger partial charge in [-0.1, -0.05) is 12.2 Å². The van der Waals surface area contributed by atoms with Crippen molar-refractivity contribution in [3.8, 4) is 0 Å². The molecule has 9 heavy (non-hydrogen) atoms. The Labute approximate surface area is 59.9 Å². The van der Waals surface area contributed by atoms with Gasteiger partial charge in [0.05, 0.1) is 0 Å². The summed E-state index contributed by atoms with van der Waals surface area (Å²) in [6.45, 7) is 0. The molecule has 1 nitrogen and oxygen atoms in total. The molecule has 2 heteroatoms. The summed E-state index contributed by atoms with van der Waals surface area (Å²) in [5, 5.41) is 4.26. The average molecular weight is 141 g/mol. The molecule has 1 heterocycles. The Morgan fingerprint density at radius 2 is 2.56 bits per heavy atom. The van der Waals surface area contributed by atoms with E-state index in [2.05, 4.69) is 17.5 Å². The van der Waals surface area contributed by atoms with Crippen molar-refractivity contribution in [3.63, 3.8) is 0 Å². The summed E-state index contributed by atoms with van der Waals surface area (Å²) in [6.07, 6.45) is 7.27. The fourth-order valence-corrected chi connectivity index (χ4v) is 2.64. The lowest BCUT2D eigenvalue weighted by molar-refractivity contribution is 0.542. The fraction of sp³-hybridized carbons (Fsp3) is 0.714. The van der Waals surface area contributed by atoms with Crippen LogP contribution >= 0.6 is 11.8 Å². The third kappa shape index (κ3) is 1.01. The van der Waals surface area contributed by atoms with E-state index in [0.29, 0.717) is 0 Å². The number of hydrogen-bond acceptors (Lipinski definition) is 2. The van der Waals surface area contributed by atoms with Crippen molar-refractivity contribution in [2.24, 2.45) is 0 Å². The van der Waals surface area contributed by atoms with Crippen LogP contribution in [0.25, 0.3) is 0 Å². The van der Waals surface area contributed by atoms with Gasteiger partial charge in [0.25, 0.3) is 0 Å². The number of rotatable bonds is 0. The first-order valence-electron chi connectivity index (χ1n) is 3.48. The number of allylic oxidation sites excluding steroid dienone is 1. The lowest BCUT2D eigenvalue weighted by atomic mass is 10.0. The van der Waals surface area contributed by atoms with E-state index in [9.17, 15) is 0 Å². The molecule has 0 saturated carbocycles. The van der Waals surface area contributed by atoms with Crippen molar-refractivity contribution in [2.45, 2.75) is 24.1 Å². The third-order valence-corrected chi connectivity index (χ3v) is 3.19. The maximum absolute atomic E-state index is 3.47. The van der Waals surface area contributed by atoms with Crippen LogP contribution in [0.15, 0.2) is 12.2 Å². The highest BCUT2D eigenvalue weighted by Gasteiger charge is 2.26. The van der Waals surface area contributed by atoms with Crippen LogP contribution in [-0.4, -0.2) is 17.2 Å². The van der Waals surface area contributed by atoms with Crippen molar-refractivity contribution in [1.29, 1.82) is 0 Å². The second-order valence-corrected chi connectivity index (χ2v) is 3.76. The first-order chi connectivity index (χ1) is 4.47. The highest BCUT2D eigenvalue weighted by molar-refractivity contribution is 8.00. The molecule has 1 N–H and O–H groups in total. The van der Waals surface area contributed by atoms with Gasteiger partial charge in [-0.25, -0.2) is 0 Å². The van der Waals surface area contributed by atoms with Crippen LogP contribution in [0.3, 0.4) is 0 Å². The van der Waals surface area contributed by atoms with E-state index in [1.807, 2.05) is 11.8 Å². The number of fused-ring (bicyclic) bond motifs is 1. The van der Waals surface area contributed by atoms with Crippen LogP contribution in [0.4, 0.5) is 0 Å². The summed E-state index contributed by atoms with van der Waals surface area (Å²) in [6, 6.07) is 0.792. The summed E-state index contributed by atoms with van der Waals surface area (Å²) in [4.78, 5) is 0. The minimum atomic E-state index is 0.791. The molecule has 0 radical (unpaired) electrons. The standard InChI is InChI=1S/C7H11NS/c1-2-4-7-6(3-1)8-5-9-7/h2,4,6-8H,1,3,5H2. The van der Waals surface area contributed by atoms with E-state index >= 15 is 0 Å². The Kier molecular flexibility index (Phi) is 1.52. The van der Waals surface area contributed by atoms with Gasteiger partial charge in [0.2, 0.25) is 0 Å². The van der Waals surface area contributed by atoms with Gasteiger partial charge >= 0.3 is 0 Å². The summed E-state index contributed by atoms with van der Waals surface area (Å²) in [5.41, 5.74) is 0. The minimum Gasteiger partial charge on any atom is -0.304 e. The molecule has 2 atom stereocenters. The van der Waals surface area contributed by atoms with Gasteiger partial charge in [0, 0.05) is 17.2 Å². The van der Waals surface area contributed by atoms with Crippen LogP contribution in [0.2, 0.25) is 0 Å². The molecule has 50 valence electrons. The molecule has 0 aromatic heterocycles. The van der Waals surface area contributed by atoms with Gasteiger partial charge < -0.3 is 5.32 Å².